The quantitative estimate of drug-likeness (QED) is 0.450. The number of hydrogen-bond acceptors (Lipinski definition) is 4. The molecule has 0 heterocycles. The first-order valence-corrected chi connectivity index (χ1v) is 5.79. The molecule has 17 heavy (non-hydrogen) atoms. The van der Waals surface area contributed by atoms with Crippen LogP contribution in [0.25, 0.3) is 0 Å². The molecule has 1 rings (SSSR count). The number of aliphatic hydroxyl groups is 1. The number of benzene rings is 1. The van der Waals surface area contributed by atoms with E-state index in [0.29, 0.717) is 17.9 Å². The topological polar surface area (TPSA) is 72.6 Å². The Labute approximate surface area is 101 Å². The molecule has 0 bridgehead atoms. The van der Waals surface area contributed by atoms with E-state index in [9.17, 15) is 4.79 Å². The highest BCUT2D eigenvalue weighted by molar-refractivity contribution is 5.91. The Bertz CT molecular complexity index is 377. The van der Waals surface area contributed by atoms with E-state index in [0.717, 1.165) is 24.8 Å². The van der Waals surface area contributed by atoms with E-state index in [1.807, 2.05) is 6.92 Å². The zero-order valence-corrected chi connectivity index (χ0v) is 10.1. The van der Waals surface area contributed by atoms with Gasteiger partial charge in [0.15, 0.2) is 0 Å². The van der Waals surface area contributed by atoms with Crippen LogP contribution in [0.5, 0.6) is 0 Å². The molecule has 3 N–H and O–H groups in total. The fourth-order valence-electron chi connectivity index (χ4n) is 1.55. The molecule has 94 valence electrons. The number of carbonyl (C=O) groups excluding carboxylic acids is 1. The number of hydrogen-bond donors (Lipinski definition) is 2. The number of aliphatic hydroxyl groups excluding tert-OH is 1. The Morgan fingerprint density at radius 3 is 2.76 bits per heavy atom. The van der Waals surface area contributed by atoms with Crippen molar-refractivity contribution in [1.29, 1.82) is 0 Å². The average molecular weight is 237 g/mol. The SMILES string of the molecule is Cc1cc(N)ccc1C(=O)OCCCCCO. The number of unbranched alkanes of at least 4 members (excludes halogenated alkanes) is 2. The summed E-state index contributed by atoms with van der Waals surface area (Å²) in [5.41, 5.74) is 7.63. The lowest BCUT2D eigenvalue weighted by molar-refractivity contribution is 0.0496. The van der Waals surface area contributed by atoms with Crippen molar-refractivity contribution in [3.8, 4) is 0 Å². The summed E-state index contributed by atoms with van der Waals surface area (Å²) in [5, 5.41) is 8.60. The Hall–Kier alpha value is -1.55. The number of anilines is 1. The molecule has 0 aliphatic heterocycles. The first-order chi connectivity index (χ1) is 8.15. The maximum atomic E-state index is 11.7. The molecule has 0 amide bonds. The molecule has 0 radical (unpaired) electrons. The molecule has 4 heteroatoms. The second kappa shape index (κ2) is 6.91. The summed E-state index contributed by atoms with van der Waals surface area (Å²) in [7, 11) is 0. The largest absolute Gasteiger partial charge is 0.462 e. The van der Waals surface area contributed by atoms with Crippen LogP contribution in [0, 0.1) is 6.92 Å². The second-order valence-corrected chi connectivity index (χ2v) is 3.99. The van der Waals surface area contributed by atoms with Crippen molar-refractivity contribution in [2.24, 2.45) is 0 Å². The molecular weight excluding hydrogens is 218 g/mol. The number of rotatable bonds is 6. The summed E-state index contributed by atoms with van der Waals surface area (Å²) < 4.78 is 5.13. The van der Waals surface area contributed by atoms with Gasteiger partial charge in [-0.1, -0.05) is 0 Å². The number of nitrogen functional groups attached to an aromatic ring is 1. The molecule has 1 aromatic rings. The predicted octanol–water partition coefficient (Wildman–Crippen LogP) is 1.90. The van der Waals surface area contributed by atoms with E-state index < -0.39 is 0 Å². The minimum absolute atomic E-state index is 0.186. The average Bonchev–Trinajstić information content (AvgIpc) is 2.28. The molecule has 0 fully saturated rings. The summed E-state index contributed by atoms with van der Waals surface area (Å²) >= 11 is 0. The molecule has 4 nitrogen and oxygen atoms in total. The molecular formula is C13H19NO3. The van der Waals surface area contributed by atoms with Crippen LogP contribution in [0.2, 0.25) is 0 Å². The summed E-state index contributed by atoms with van der Waals surface area (Å²) in [6.45, 7) is 2.41. The normalized spacial score (nSPS) is 10.2. The van der Waals surface area contributed by atoms with Gasteiger partial charge >= 0.3 is 5.97 Å². The van der Waals surface area contributed by atoms with Crippen molar-refractivity contribution in [2.75, 3.05) is 18.9 Å². The van der Waals surface area contributed by atoms with Crippen LogP contribution >= 0.6 is 0 Å². The zero-order valence-electron chi connectivity index (χ0n) is 10.1. The van der Waals surface area contributed by atoms with Gasteiger partial charge in [-0.3, -0.25) is 0 Å². The summed E-state index contributed by atoms with van der Waals surface area (Å²) in [5.74, 6) is -0.313. The highest BCUT2D eigenvalue weighted by Crippen LogP contribution is 2.13. The Morgan fingerprint density at radius 2 is 2.12 bits per heavy atom. The number of ether oxygens (including phenoxy) is 1. The molecule has 0 spiro atoms. The molecule has 1 aromatic carbocycles. The molecule has 0 atom stereocenters. The fraction of sp³-hybridized carbons (Fsp3) is 0.462. The predicted molar refractivity (Wildman–Crippen MR) is 66.8 cm³/mol. The summed E-state index contributed by atoms with van der Waals surface area (Å²) in [6.07, 6.45) is 2.39. The van der Waals surface area contributed by atoms with Crippen molar-refractivity contribution in [1.82, 2.24) is 0 Å². The van der Waals surface area contributed by atoms with Gasteiger partial charge in [0.1, 0.15) is 0 Å². The van der Waals surface area contributed by atoms with E-state index in [1.54, 1.807) is 18.2 Å². The first kappa shape index (κ1) is 13.5. The van der Waals surface area contributed by atoms with E-state index in [-0.39, 0.29) is 12.6 Å². The smallest absolute Gasteiger partial charge is 0.338 e. The molecule has 0 aromatic heterocycles. The van der Waals surface area contributed by atoms with Gasteiger partial charge in [-0.05, 0) is 49.9 Å². The van der Waals surface area contributed by atoms with Crippen LogP contribution in [0.15, 0.2) is 18.2 Å². The minimum Gasteiger partial charge on any atom is -0.462 e. The van der Waals surface area contributed by atoms with Crippen molar-refractivity contribution in [2.45, 2.75) is 26.2 Å². The fourth-order valence-corrected chi connectivity index (χ4v) is 1.55. The van der Waals surface area contributed by atoms with Crippen LogP contribution in [-0.2, 0) is 4.74 Å². The van der Waals surface area contributed by atoms with Gasteiger partial charge in [0.2, 0.25) is 0 Å². The van der Waals surface area contributed by atoms with Gasteiger partial charge in [0.05, 0.1) is 12.2 Å². The maximum absolute atomic E-state index is 11.7. The lowest BCUT2D eigenvalue weighted by atomic mass is 10.1. The van der Waals surface area contributed by atoms with Gasteiger partial charge in [-0.25, -0.2) is 4.79 Å². The Kier molecular flexibility index (Phi) is 5.49. The highest BCUT2D eigenvalue weighted by Gasteiger charge is 2.09. The van der Waals surface area contributed by atoms with Gasteiger partial charge in [0, 0.05) is 12.3 Å². The van der Waals surface area contributed by atoms with E-state index in [4.69, 9.17) is 15.6 Å². The van der Waals surface area contributed by atoms with Crippen LogP contribution in [0.1, 0.15) is 35.2 Å². The van der Waals surface area contributed by atoms with Crippen LogP contribution in [-0.4, -0.2) is 24.3 Å². The third kappa shape index (κ3) is 4.44. The number of carbonyl (C=O) groups is 1. The molecule has 0 aliphatic carbocycles. The zero-order chi connectivity index (χ0) is 12.7. The van der Waals surface area contributed by atoms with Crippen molar-refractivity contribution in [3.05, 3.63) is 29.3 Å². The van der Waals surface area contributed by atoms with Crippen molar-refractivity contribution >= 4 is 11.7 Å². The Morgan fingerprint density at radius 1 is 1.35 bits per heavy atom. The highest BCUT2D eigenvalue weighted by atomic mass is 16.5. The van der Waals surface area contributed by atoms with Gasteiger partial charge < -0.3 is 15.6 Å². The minimum atomic E-state index is -0.313. The Balaban J connectivity index is 2.42. The summed E-state index contributed by atoms with van der Waals surface area (Å²) in [6, 6.07) is 5.12. The van der Waals surface area contributed by atoms with E-state index >= 15 is 0 Å². The van der Waals surface area contributed by atoms with Gasteiger partial charge in [-0.15, -0.1) is 0 Å². The number of esters is 1. The molecule has 0 saturated heterocycles. The molecule has 0 aliphatic rings. The summed E-state index contributed by atoms with van der Waals surface area (Å²) in [4.78, 5) is 11.7. The lowest BCUT2D eigenvalue weighted by Gasteiger charge is -2.07. The standard InChI is InChI=1S/C13H19NO3/c1-10-9-11(14)5-6-12(10)13(16)17-8-4-2-3-7-15/h5-6,9,15H,2-4,7-8,14H2,1H3. The van der Waals surface area contributed by atoms with E-state index in [1.165, 1.54) is 0 Å². The van der Waals surface area contributed by atoms with Crippen molar-refractivity contribution < 1.29 is 14.6 Å². The van der Waals surface area contributed by atoms with E-state index in [2.05, 4.69) is 0 Å². The molecule has 0 unspecified atom stereocenters. The van der Waals surface area contributed by atoms with Crippen LogP contribution in [0.3, 0.4) is 0 Å². The van der Waals surface area contributed by atoms with Crippen LogP contribution < -0.4 is 5.73 Å². The third-order valence-corrected chi connectivity index (χ3v) is 2.51. The maximum Gasteiger partial charge on any atom is 0.338 e. The first-order valence-electron chi connectivity index (χ1n) is 5.79. The van der Waals surface area contributed by atoms with Gasteiger partial charge in [-0.2, -0.15) is 0 Å². The second-order valence-electron chi connectivity index (χ2n) is 3.99. The number of nitrogens with two attached hydrogens (primary N) is 1. The monoisotopic (exact) mass is 237 g/mol. The third-order valence-electron chi connectivity index (χ3n) is 2.51. The van der Waals surface area contributed by atoms with Crippen LogP contribution in [0.4, 0.5) is 5.69 Å². The van der Waals surface area contributed by atoms with Crippen molar-refractivity contribution in [3.63, 3.8) is 0 Å². The van der Waals surface area contributed by atoms with Gasteiger partial charge in [0.25, 0.3) is 0 Å². The lowest BCUT2D eigenvalue weighted by Crippen LogP contribution is -2.08. The number of aryl methyl sites for hydroxylation is 1. The molecule has 0 saturated carbocycles.